The minimum Gasteiger partial charge on any atom is -0.481 e. The number of carboxylic acids is 1. The standard InChI is InChI=1S/C29H28F3N5O3S/c1-2-37-16-24(27(34-37)29(30,31)32)21-7-4-3-6-20(21)23-15-36(17-25-22(23)12-19(13-33)41-25)26(38)8-5-10-35-11-9-18(14-35)28(39)40/h3-8,12,16,18,23H,2,9-11,14-15,17H2,1H3,(H,39,40)/b8-5+/t18?,23-/m0/s1. The zero-order valence-corrected chi connectivity index (χ0v) is 23.1. The number of nitriles is 1. The van der Waals surface area contributed by atoms with Gasteiger partial charge in [-0.25, -0.2) is 0 Å². The van der Waals surface area contributed by atoms with Crippen LogP contribution in [0.25, 0.3) is 11.1 Å². The largest absolute Gasteiger partial charge is 0.481 e. The Morgan fingerprint density at radius 1 is 1.22 bits per heavy atom. The number of aryl methyl sites for hydroxylation is 1. The van der Waals surface area contributed by atoms with Gasteiger partial charge in [-0.3, -0.25) is 19.2 Å². The van der Waals surface area contributed by atoms with Crippen molar-refractivity contribution in [1.29, 1.82) is 5.26 Å². The highest BCUT2D eigenvalue weighted by Gasteiger charge is 2.39. The molecule has 1 N–H and O–H groups in total. The molecular weight excluding hydrogens is 555 g/mol. The van der Waals surface area contributed by atoms with Crippen molar-refractivity contribution in [1.82, 2.24) is 19.6 Å². The van der Waals surface area contributed by atoms with Crippen molar-refractivity contribution >= 4 is 23.2 Å². The van der Waals surface area contributed by atoms with Gasteiger partial charge in [0.05, 0.1) is 12.5 Å². The molecule has 8 nitrogen and oxygen atoms in total. The molecule has 214 valence electrons. The number of benzene rings is 1. The number of thiophene rings is 1. The fourth-order valence-electron chi connectivity index (χ4n) is 5.55. The van der Waals surface area contributed by atoms with Crippen molar-refractivity contribution in [3.05, 3.63) is 75.3 Å². The van der Waals surface area contributed by atoms with E-state index in [1.165, 1.54) is 28.3 Å². The van der Waals surface area contributed by atoms with Crippen LogP contribution in [0.5, 0.6) is 0 Å². The molecule has 5 rings (SSSR count). The maximum Gasteiger partial charge on any atom is 0.435 e. The monoisotopic (exact) mass is 583 g/mol. The maximum absolute atomic E-state index is 14.0. The first kappa shape index (κ1) is 28.6. The molecular formula is C29H28F3N5O3S. The number of likely N-dealkylation sites (tertiary alicyclic amines) is 1. The highest BCUT2D eigenvalue weighted by atomic mass is 32.1. The third kappa shape index (κ3) is 5.92. The lowest BCUT2D eigenvalue weighted by Gasteiger charge is -2.33. The van der Waals surface area contributed by atoms with E-state index in [1.54, 1.807) is 48.2 Å². The molecule has 0 aliphatic carbocycles. The molecule has 0 bridgehead atoms. The molecule has 3 aromatic rings. The summed E-state index contributed by atoms with van der Waals surface area (Å²) in [5.41, 5.74) is 0.845. The molecule has 2 aliphatic heterocycles. The van der Waals surface area contributed by atoms with E-state index in [4.69, 9.17) is 0 Å². The van der Waals surface area contributed by atoms with E-state index in [0.717, 1.165) is 10.4 Å². The van der Waals surface area contributed by atoms with E-state index in [0.29, 0.717) is 42.1 Å². The van der Waals surface area contributed by atoms with Crippen LogP contribution in [0.1, 0.15) is 45.8 Å². The number of fused-ring (bicyclic) bond motifs is 1. The molecule has 1 saturated heterocycles. The molecule has 2 atom stereocenters. The number of hydrogen-bond donors (Lipinski definition) is 1. The highest BCUT2D eigenvalue weighted by Crippen LogP contribution is 2.44. The first-order valence-corrected chi connectivity index (χ1v) is 14.1. The minimum atomic E-state index is -4.65. The normalized spacial score (nSPS) is 19.4. The minimum absolute atomic E-state index is 0.0270. The van der Waals surface area contributed by atoms with Gasteiger partial charge in [0.15, 0.2) is 5.69 Å². The van der Waals surface area contributed by atoms with Crippen LogP contribution in [0, 0.1) is 17.2 Å². The molecule has 0 saturated carbocycles. The summed E-state index contributed by atoms with van der Waals surface area (Å²) in [6.45, 7) is 4.02. The lowest BCUT2D eigenvalue weighted by Crippen LogP contribution is -2.37. The molecule has 0 radical (unpaired) electrons. The number of halogens is 3. The number of rotatable bonds is 7. The number of aliphatic carboxylic acids is 1. The fraction of sp³-hybridized carbons (Fsp3) is 0.379. The van der Waals surface area contributed by atoms with Crippen molar-refractivity contribution < 1.29 is 27.9 Å². The second-order valence-electron chi connectivity index (χ2n) is 10.2. The number of alkyl halides is 3. The Labute approximate surface area is 238 Å². The quantitative estimate of drug-likeness (QED) is 0.395. The second-order valence-corrected chi connectivity index (χ2v) is 11.3. The van der Waals surface area contributed by atoms with E-state index >= 15 is 0 Å². The summed E-state index contributed by atoms with van der Waals surface area (Å²) in [6, 6.07) is 10.8. The Bertz CT molecular complexity index is 1540. The van der Waals surface area contributed by atoms with Crippen LogP contribution in [-0.4, -0.2) is 62.7 Å². The summed E-state index contributed by atoms with van der Waals surface area (Å²) >= 11 is 1.28. The van der Waals surface area contributed by atoms with Gasteiger partial charge in [0.1, 0.15) is 10.9 Å². The van der Waals surface area contributed by atoms with Crippen LogP contribution >= 0.6 is 11.3 Å². The average Bonchev–Trinajstić information content (AvgIpc) is 3.70. The Kier molecular flexibility index (Phi) is 8.02. The predicted molar refractivity (Wildman–Crippen MR) is 146 cm³/mol. The number of carboxylic acid groups (broad SMARTS) is 1. The Morgan fingerprint density at radius 3 is 2.68 bits per heavy atom. The molecule has 1 fully saturated rings. The first-order chi connectivity index (χ1) is 19.6. The molecule has 1 amide bonds. The van der Waals surface area contributed by atoms with Crippen molar-refractivity contribution in [3.63, 3.8) is 0 Å². The predicted octanol–water partition coefficient (Wildman–Crippen LogP) is 4.96. The third-order valence-electron chi connectivity index (χ3n) is 7.60. The third-order valence-corrected chi connectivity index (χ3v) is 8.64. The molecule has 0 spiro atoms. The summed E-state index contributed by atoms with van der Waals surface area (Å²) in [5.74, 6) is -1.93. The number of carbonyl (C=O) groups is 2. The van der Waals surface area contributed by atoms with E-state index in [9.17, 15) is 33.1 Å². The number of aromatic nitrogens is 2. The average molecular weight is 584 g/mol. The van der Waals surface area contributed by atoms with Gasteiger partial charge in [0, 0.05) is 54.8 Å². The van der Waals surface area contributed by atoms with E-state index in [-0.39, 0.29) is 31.1 Å². The van der Waals surface area contributed by atoms with Crippen molar-refractivity contribution in [2.24, 2.45) is 5.92 Å². The summed E-state index contributed by atoms with van der Waals surface area (Å²) in [5, 5.41) is 22.6. The Morgan fingerprint density at radius 2 is 2.00 bits per heavy atom. The molecule has 2 aliphatic rings. The maximum atomic E-state index is 14.0. The zero-order valence-electron chi connectivity index (χ0n) is 22.3. The fourth-order valence-corrected chi connectivity index (χ4v) is 6.59. The van der Waals surface area contributed by atoms with Crippen molar-refractivity contribution in [2.45, 2.75) is 38.5 Å². The van der Waals surface area contributed by atoms with E-state index < -0.39 is 29.7 Å². The van der Waals surface area contributed by atoms with Gasteiger partial charge in [-0.15, -0.1) is 11.3 Å². The van der Waals surface area contributed by atoms with Crippen LogP contribution in [0.3, 0.4) is 0 Å². The zero-order chi connectivity index (χ0) is 29.3. The molecule has 12 heteroatoms. The summed E-state index contributed by atoms with van der Waals surface area (Å²) in [6.07, 6.45) is 0.505. The SMILES string of the molecule is CCn1cc(-c2ccccc2[C@@H]2CN(C(=O)/C=C/CN3CCC(C(=O)O)C3)Cc3sc(C#N)cc32)c(C(F)(F)F)n1. The van der Waals surface area contributed by atoms with Gasteiger partial charge in [-0.05, 0) is 42.6 Å². The van der Waals surface area contributed by atoms with Crippen LogP contribution in [0.4, 0.5) is 13.2 Å². The highest BCUT2D eigenvalue weighted by molar-refractivity contribution is 7.12. The van der Waals surface area contributed by atoms with Gasteiger partial charge in [0.2, 0.25) is 5.91 Å². The van der Waals surface area contributed by atoms with Crippen LogP contribution < -0.4 is 0 Å². The summed E-state index contributed by atoms with van der Waals surface area (Å²) < 4.78 is 43.3. The number of hydrogen-bond acceptors (Lipinski definition) is 6. The van der Waals surface area contributed by atoms with Crippen LogP contribution in [0.2, 0.25) is 0 Å². The molecule has 1 unspecified atom stereocenters. The van der Waals surface area contributed by atoms with Gasteiger partial charge in [-0.1, -0.05) is 30.3 Å². The van der Waals surface area contributed by atoms with Crippen LogP contribution in [0.15, 0.2) is 48.7 Å². The lowest BCUT2D eigenvalue weighted by atomic mass is 9.83. The number of carbonyl (C=O) groups excluding carboxylic acids is 1. The molecule has 4 heterocycles. The number of nitrogens with zero attached hydrogens (tertiary/aromatic N) is 5. The smallest absolute Gasteiger partial charge is 0.435 e. The van der Waals surface area contributed by atoms with Crippen LogP contribution in [-0.2, 0) is 28.9 Å². The van der Waals surface area contributed by atoms with E-state index in [2.05, 4.69) is 11.2 Å². The second kappa shape index (κ2) is 11.5. The van der Waals surface area contributed by atoms with Crippen molar-refractivity contribution in [3.8, 4) is 17.2 Å². The number of amides is 1. The summed E-state index contributed by atoms with van der Waals surface area (Å²) in [7, 11) is 0. The summed E-state index contributed by atoms with van der Waals surface area (Å²) in [4.78, 5) is 29.4. The molecule has 41 heavy (non-hydrogen) atoms. The van der Waals surface area contributed by atoms with Gasteiger partial charge in [0.25, 0.3) is 0 Å². The lowest BCUT2D eigenvalue weighted by molar-refractivity contribution is -0.142. The Hall–Kier alpha value is -3.95. The van der Waals surface area contributed by atoms with E-state index in [1.807, 2.05) is 4.90 Å². The molecule has 1 aromatic carbocycles. The molecule has 2 aromatic heterocycles. The van der Waals surface area contributed by atoms with Gasteiger partial charge in [-0.2, -0.15) is 23.5 Å². The first-order valence-electron chi connectivity index (χ1n) is 13.3. The van der Waals surface area contributed by atoms with Gasteiger partial charge >= 0.3 is 12.1 Å². The van der Waals surface area contributed by atoms with Gasteiger partial charge < -0.3 is 10.0 Å². The van der Waals surface area contributed by atoms with Crippen molar-refractivity contribution in [2.75, 3.05) is 26.2 Å². The Balaban J connectivity index is 1.46. The topological polar surface area (TPSA) is 102 Å².